The van der Waals surface area contributed by atoms with E-state index in [2.05, 4.69) is 0 Å². The number of hydrogen-bond acceptors (Lipinski definition) is 5. The fourth-order valence-corrected chi connectivity index (χ4v) is 3.02. The van der Waals surface area contributed by atoms with Crippen LogP contribution in [0.3, 0.4) is 0 Å². The molecular formula is C15H23NO4. The van der Waals surface area contributed by atoms with Gasteiger partial charge in [0.15, 0.2) is 0 Å². The lowest BCUT2D eigenvalue weighted by atomic mass is 9.90. The zero-order chi connectivity index (χ0) is 14.7. The van der Waals surface area contributed by atoms with Crippen molar-refractivity contribution in [3.8, 4) is 0 Å². The average molecular weight is 281 g/mol. The molecule has 112 valence electrons. The summed E-state index contributed by atoms with van der Waals surface area (Å²) >= 11 is 0. The van der Waals surface area contributed by atoms with Crippen LogP contribution in [-0.4, -0.2) is 62.8 Å². The standard InChI is InChI=1S/C15H23NO4/c1-2-11(10-6-4-3-5-7-10)16-8-13(18)15(20)14(19)12(16)9-17/h3-7,11-15,17-20H,2,8-9H2,1H3. The zero-order valence-electron chi connectivity index (χ0n) is 11.6. The number of piperidine rings is 1. The summed E-state index contributed by atoms with van der Waals surface area (Å²) in [5.41, 5.74) is 1.07. The molecule has 5 nitrogen and oxygen atoms in total. The van der Waals surface area contributed by atoms with E-state index in [0.29, 0.717) is 0 Å². The predicted molar refractivity (Wildman–Crippen MR) is 75.1 cm³/mol. The minimum absolute atomic E-state index is 0.00912. The van der Waals surface area contributed by atoms with Crippen LogP contribution in [0, 0.1) is 0 Å². The highest BCUT2D eigenvalue weighted by atomic mass is 16.4. The quantitative estimate of drug-likeness (QED) is 0.619. The Kier molecular flexibility index (Phi) is 5.12. The van der Waals surface area contributed by atoms with Gasteiger partial charge in [-0.2, -0.15) is 0 Å². The second-order valence-electron chi connectivity index (χ2n) is 5.33. The maximum atomic E-state index is 10.1. The molecule has 5 heteroatoms. The first-order chi connectivity index (χ1) is 9.60. The molecule has 4 N–H and O–H groups in total. The second-order valence-corrected chi connectivity index (χ2v) is 5.33. The summed E-state index contributed by atoms with van der Waals surface area (Å²) in [6.07, 6.45) is -2.58. The van der Waals surface area contributed by atoms with Crippen LogP contribution >= 0.6 is 0 Å². The van der Waals surface area contributed by atoms with Crippen LogP contribution in [0.2, 0.25) is 0 Å². The van der Waals surface area contributed by atoms with Crippen molar-refractivity contribution >= 4 is 0 Å². The molecule has 0 saturated carbocycles. The summed E-state index contributed by atoms with van der Waals surface area (Å²) < 4.78 is 0. The fourth-order valence-electron chi connectivity index (χ4n) is 3.02. The van der Waals surface area contributed by atoms with Crippen LogP contribution in [0.25, 0.3) is 0 Å². The van der Waals surface area contributed by atoms with E-state index in [-0.39, 0.29) is 19.2 Å². The Morgan fingerprint density at radius 3 is 2.35 bits per heavy atom. The molecule has 1 fully saturated rings. The number of likely N-dealkylation sites (tertiary alicyclic amines) is 1. The second kappa shape index (κ2) is 6.65. The summed E-state index contributed by atoms with van der Waals surface area (Å²) in [5.74, 6) is 0. The molecule has 5 atom stereocenters. The van der Waals surface area contributed by atoms with Gasteiger partial charge in [0, 0.05) is 12.6 Å². The number of aliphatic hydroxyl groups excluding tert-OH is 4. The van der Waals surface area contributed by atoms with E-state index in [4.69, 9.17) is 0 Å². The van der Waals surface area contributed by atoms with Gasteiger partial charge in [-0.3, -0.25) is 4.90 Å². The molecule has 20 heavy (non-hydrogen) atoms. The summed E-state index contributed by atoms with van der Waals surface area (Å²) in [4.78, 5) is 1.89. The average Bonchev–Trinajstić information content (AvgIpc) is 2.47. The van der Waals surface area contributed by atoms with Crippen molar-refractivity contribution in [3.05, 3.63) is 35.9 Å². The molecule has 1 aromatic rings. The van der Waals surface area contributed by atoms with Crippen LogP contribution < -0.4 is 0 Å². The highest BCUT2D eigenvalue weighted by Gasteiger charge is 2.43. The molecule has 5 unspecified atom stereocenters. The number of rotatable bonds is 4. The summed E-state index contributed by atoms with van der Waals surface area (Å²) in [6, 6.07) is 9.22. The molecule has 1 heterocycles. The van der Waals surface area contributed by atoms with Crippen LogP contribution in [0.4, 0.5) is 0 Å². The molecule has 0 spiro atoms. The van der Waals surface area contributed by atoms with Crippen molar-refractivity contribution < 1.29 is 20.4 Å². The highest BCUT2D eigenvalue weighted by Crippen LogP contribution is 2.31. The summed E-state index contributed by atoms with van der Waals surface area (Å²) in [7, 11) is 0. The van der Waals surface area contributed by atoms with E-state index in [1.807, 2.05) is 42.2 Å². The summed E-state index contributed by atoms with van der Waals surface area (Å²) in [5, 5.41) is 39.2. The van der Waals surface area contributed by atoms with E-state index in [9.17, 15) is 20.4 Å². The summed E-state index contributed by atoms with van der Waals surface area (Å²) in [6.45, 7) is 2.00. The SMILES string of the molecule is CCC(c1ccccc1)N1CC(O)C(O)C(O)C1CO. The Morgan fingerprint density at radius 1 is 1.15 bits per heavy atom. The molecule has 0 bridgehead atoms. The third-order valence-electron chi connectivity index (χ3n) is 4.12. The molecule has 0 amide bonds. The normalized spacial score (nSPS) is 33.0. The van der Waals surface area contributed by atoms with E-state index >= 15 is 0 Å². The zero-order valence-corrected chi connectivity index (χ0v) is 11.6. The molecular weight excluding hydrogens is 258 g/mol. The van der Waals surface area contributed by atoms with Gasteiger partial charge in [-0.15, -0.1) is 0 Å². The van der Waals surface area contributed by atoms with E-state index in [0.717, 1.165) is 12.0 Å². The third-order valence-corrected chi connectivity index (χ3v) is 4.12. The van der Waals surface area contributed by atoms with Crippen molar-refractivity contribution in [2.45, 2.75) is 43.7 Å². The van der Waals surface area contributed by atoms with Crippen molar-refractivity contribution in [2.75, 3.05) is 13.2 Å². The largest absolute Gasteiger partial charge is 0.395 e. The molecule has 1 aromatic carbocycles. The van der Waals surface area contributed by atoms with Gasteiger partial charge in [0.05, 0.1) is 18.8 Å². The van der Waals surface area contributed by atoms with Gasteiger partial charge in [0.1, 0.15) is 12.2 Å². The van der Waals surface area contributed by atoms with E-state index in [1.54, 1.807) is 0 Å². The Bertz CT molecular complexity index is 414. The maximum Gasteiger partial charge on any atom is 0.109 e. The van der Waals surface area contributed by atoms with Crippen LogP contribution in [0.5, 0.6) is 0 Å². The fraction of sp³-hybridized carbons (Fsp3) is 0.600. The number of hydrogen-bond donors (Lipinski definition) is 4. The number of β-amino-alcohol motifs (C(OH)–C–C–N with tert-alkyl or cyclic N) is 1. The smallest absolute Gasteiger partial charge is 0.109 e. The topological polar surface area (TPSA) is 84.2 Å². The van der Waals surface area contributed by atoms with Crippen molar-refractivity contribution in [1.82, 2.24) is 4.90 Å². The Labute approximate surface area is 119 Å². The van der Waals surface area contributed by atoms with Crippen LogP contribution in [-0.2, 0) is 0 Å². The first-order valence-electron chi connectivity index (χ1n) is 7.05. The molecule has 2 rings (SSSR count). The first-order valence-corrected chi connectivity index (χ1v) is 7.05. The van der Waals surface area contributed by atoms with Crippen LogP contribution in [0.15, 0.2) is 30.3 Å². The number of aliphatic hydroxyl groups is 4. The lowest BCUT2D eigenvalue weighted by Crippen LogP contribution is -2.63. The number of benzene rings is 1. The predicted octanol–water partition coefficient (Wildman–Crippen LogP) is -0.103. The number of nitrogens with zero attached hydrogens (tertiary/aromatic N) is 1. The Balaban J connectivity index is 2.27. The minimum Gasteiger partial charge on any atom is -0.395 e. The van der Waals surface area contributed by atoms with Gasteiger partial charge in [-0.05, 0) is 12.0 Å². The van der Waals surface area contributed by atoms with Gasteiger partial charge < -0.3 is 20.4 Å². The van der Waals surface area contributed by atoms with Crippen molar-refractivity contribution in [3.63, 3.8) is 0 Å². The lowest BCUT2D eigenvalue weighted by molar-refractivity contribution is -0.155. The third kappa shape index (κ3) is 2.87. The first kappa shape index (κ1) is 15.4. The molecule has 0 radical (unpaired) electrons. The van der Waals surface area contributed by atoms with Gasteiger partial charge >= 0.3 is 0 Å². The van der Waals surface area contributed by atoms with Gasteiger partial charge in [0.25, 0.3) is 0 Å². The van der Waals surface area contributed by atoms with Crippen molar-refractivity contribution in [2.24, 2.45) is 0 Å². The lowest BCUT2D eigenvalue weighted by Gasteiger charge is -2.46. The van der Waals surface area contributed by atoms with Gasteiger partial charge in [0.2, 0.25) is 0 Å². The minimum atomic E-state index is -1.21. The van der Waals surface area contributed by atoms with E-state index < -0.39 is 24.4 Å². The molecule has 1 aliphatic heterocycles. The molecule has 0 aliphatic carbocycles. The molecule has 1 aliphatic rings. The Hall–Kier alpha value is -0.980. The van der Waals surface area contributed by atoms with Gasteiger partial charge in [-0.25, -0.2) is 0 Å². The van der Waals surface area contributed by atoms with Gasteiger partial charge in [-0.1, -0.05) is 37.3 Å². The van der Waals surface area contributed by atoms with E-state index in [1.165, 1.54) is 0 Å². The molecule has 0 aromatic heterocycles. The van der Waals surface area contributed by atoms with Crippen molar-refractivity contribution in [1.29, 1.82) is 0 Å². The monoisotopic (exact) mass is 281 g/mol. The highest BCUT2D eigenvalue weighted by molar-refractivity contribution is 5.20. The molecule has 1 saturated heterocycles. The Morgan fingerprint density at radius 2 is 1.80 bits per heavy atom. The maximum absolute atomic E-state index is 10.1. The van der Waals surface area contributed by atoms with Crippen LogP contribution in [0.1, 0.15) is 24.9 Å².